The number of carbonyl (C=O) groups is 2. The molecule has 1 aliphatic rings. The normalized spacial score (nSPS) is 15.6. The fraction of sp³-hybridized carbons (Fsp3) is 0.600. The summed E-state index contributed by atoms with van der Waals surface area (Å²) in [5.41, 5.74) is 0.379. The molecule has 0 heterocycles. The average molecular weight is 410 g/mol. The van der Waals surface area contributed by atoms with Crippen molar-refractivity contribution in [2.24, 2.45) is 5.92 Å². The maximum atomic E-state index is 12.4. The number of rotatable bonds is 8. The molecule has 28 heavy (non-hydrogen) atoms. The molecule has 0 radical (unpaired) electrons. The molecule has 0 unspecified atom stereocenters. The first-order valence-electron chi connectivity index (χ1n) is 9.87. The molecule has 7 nitrogen and oxygen atoms in total. The summed E-state index contributed by atoms with van der Waals surface area (Å²) in [4.78, 5) is 24.4. The van der Waals surface area contributed by atoms with Crippen molar-refractivity contribution in [2.45, 2.75) is 56.9 Å². The number of hydrogen-bond acceptors (Lipinski definition) is 4. The molecule has 2 rings (SSSR count). The summed E-state index contributed by atoms with van der Waals surface area (Å²) in [6.07, 6.45) is 5.30. The van der Waals surface area contributed by atoms with Gasteiger partial charge in [-0.1, -0.05) is 19.3 Å². The molecule has 156 valence electrons. The van der Waals surface area contributed by atoms with E-state index in [1.807, 2.05) is 0 Å². The van der Waals surface area contributed by atoms with E-state index in [2.05, 4.69) is 10.6 Å². The molecule has 0 aromatic heterocycles. The van der Waals surface area contributed by atoms with Crippen LogP contribution in [-0.4, -0.2) is 50.7 Å². The molecule has 0 spiro atoms. The van der Waals surface area contributed by atoms with Gasteiger partial charge in [-0.2, -0.15) is 4.31 Å². The van der Waals surface area contributed by atoms with E-state index in [0.717, 1.165) is 25.7 Å². The van der Waals surface area contributed by atoms with Gasteiger partial charge < -0.3 is 10.6 Å². The third-order valence-electron chi connectivity index (χ3n) is 5.21. The molecule has 1 saturated carbocycles. The van der Waals surface area contributed by atoms with Crippen molar-refractivity contribution in [1.29, 1.82) is 0 Å². The molecule has 0 saturated heterocycles. The topological polar surface area (TPSA) is 95.6 Å². The lowest BCUT2D eigenvalue weighted by molar-refractivity contribution is -0.125. The minimum atomic E-state index is -3.57. The van der Waals surface area contributed by atoms with Crippen molar-refractivity contribution >= 4 is 21.8 Å². The SMILES string of the molecule is CC(C)N(C)S(=O)(=O)c1ccc(C(=O)NCCNC(=O)C2CCCCC2)cc1. The van der Waals surface area contributed by atoms with Crippen LogP contribution >= 0.6 is 0 Å². The molecule has 0 atom stereocenters. The van der Waals surface area contributed by atoms with Gasteiger partial charge in [0.1, 0.15) is 0 Å². The first kappa shape index (κ1) is 22.4. The van der Waals surface area contributed by atoms with Crippen LogP contribution in [0.15, 0.2) is 29.2 Å². The molecule has 2 N–H and O–H groups in total. The molecule has 1 fully saturated rings. The van der Waals surface area contributed by atoms with E-state index in [1.54, 1.807) is 13.8 Å². The number of nitrogens with zero attached hydrogens (tertiary/aromatic N) is 1. The van der Waals surface area contributed by atoms with E-state index in [0.29, 0.717) is 18.7 Å². The Balaban J connectivity index is 1.82. The van der Waals surface area contributed by atoms with Crippen molar-refractivity contribution in [1.82, 2.24) is 14.9 Å². The van der Waals surface area contributed by atoms with Gasteiger partial charge in [-0.3, -0.25) is 9.59 Å². The van der Waals surface area contributed by atoms with E-state index < -0.39 is 10.0 Å². The molecule has 1 aliphatic carbocycles. The standard InChI is InChI=1S/C20H31N3O4S/c1-15(2)23(3)28(26,27)18-11-9-17(10-12-18)20(25)22-14-13-21-19(24)16-7-5-4-6-8-16/h9-12,15-16H,4-8,13-14H2,1-3H3,(H,21,24)(H,22,25). The highest BCUT2D eigenvalue weighted by Gasteiger charge is 2.23. The molecule has 0 bridgehead atoms. The summed E-state index contributed by atoms with van der Waals surface area (Å²) in [6, 6.07) is 5.72. The number of hydrogen-bond donors (Lipinski definition) is 2. The highest BCUT2D eigenvalue weighted by Crippen LogP contribution is 2.23. The largest absolute Gasteiger partial charge is 0.354 e. The quantitative estimate of drug-likeness (QED) is 0.643. The first-order chi connectivity index (χ1) is 13.2. The van der Waals surface area contributed by atoms with Gasteiger partial charge in [-0.15, -0.1) is 0 Å². The second-order valence-electron chi connectivity index (χ2n) is 7.52. The summed E-state index contributed by atoms with van der Waals surface area (Å²) in [5, 5.41) is 5.62. The van der Waals surface area contributed by atoms with E-state index in [1.165, 1.54) is 42.0 Å². The number of nitrogens with one attached hydrogen (secondary N) is 2. The van der Waals surface area contributed by atoms with E-state index in [-0.39, 0.29) is 28.7 Å². The minimum absolute atomic E-state index is 0.0674. The number of amides is 2. The lowest BCUT2D eigenvalue weighted by Gasteiger charge is -2.21. The third kappa shape index (κ3) is 5.78. The second kappa shape index (κ2) is 10.0. The molecular formula is C20H31N3O4S. The zero-order chi connectivity index (χ0) is 20.7. The highest BCUT2D eigenvalue weighted by atomic mass is 32.2. The van der Waals surface area contributed by atoms with Crippen LogP contribution in [-0.2, 0) is 14.8 Å². The molecule has 2 amide bonds. The Morgan fingerprint density at radius 1 is 1.04 bits per heavy atom. The summed E-state index contributed by atoms with van der Waals surface area (Å²) >= 11 is 0. The van der Waals surface area contributed by atoms with Crippen LogP contribution in [0, 0.1) is 5.92 Å². The van der Waals surface area contributed by atoms with Crippen LogP contribution in [0.25, 0.3) is 0 Å². The fourth-order valence-electron chi connectivity index (χ4n) is 3.19. The summed E-state index contributed by atoms with van der Waals surface area (Å²) in [7, 11) is -2.04. The van der Waals surface area contributed by atoms with Crippen LogP contribution in [0.4, 0.5) is 0 Å². The van der Waals surface area contributed by atoms with Crippen LogP contribution in [0.3, 0.4) is 0 Å². The van der Waals surface area contributed by atoms with Gasteiger partial charge in [0.25, 0.3) is 5.91 Å². The first-order valence-corrected chi connectivity index (χ1v) is 11.3. The van der Waals surface area contributed by atoms with Gasteiger partial charge in [0.05, 0.1) is 4.90 Å². The molecule has 1 aromatic rings. The average Bonchev–Trinajstić information content (AvgIpc) is 2.70. The second-order valence-corrected chi connectivity index (χ2v) is 9.52. The van der Waals surface area contributed by atoms with Crippen molar-refractivity contribution in [2.75, 3.05) is 20.1 Å². The number of benzene rings is 1. The van der Waals surface area contributed by atoms with Crippen molar-refractivity contribution in [3.05, 3.63) is 29.8 Å². The van der Waals surface area contributed by atoms with Crippen molar-refractivity contribution in [3.8, 4) is 0 Å². The van der Waals surface area contributed by atoms with Crippen LogP contribution in [0.1, 0.15) is 56.3 Å². The molecule has 1 aromatic carbocycles. The molecule has 8 heteroatoms. The monoisotopic (exact) mass is 409 g/mol. The van der Waals surface area contributed by atoms with Gasteiger partial charge in [0.2, 0.25) is 15.9 Å². The zero-order valence-corrected chi connectivity index (χ0v) is 17.7. The maximum Gasteiger partial charge on any atom is 0.251 e. The van der Waals surface area contributed by atoms with E-state index in [9.17, 15) is 18.0 Å². The van der Waals surface area contributed by atoms with Gasteiger partial charge >= 0.3 is 0 Å². The number of sulfonamides is 1. The Morgan fingerprint density at radius 3 is 2.18 bits per heavy atom. The Morgan fingerprint density at radius 2 is 1.61 bits per heavy atom. The van der Waals surface area contributed by atoms with Crippen LogP contribution in [0.2, 0.25) is 0 Å². The summed E-state index contributed by atoms with van der Waals surface area (Å²) < 4.78 is 26.2. The smallest absolute Gasteiger partial charge is 0.251 e. The van der Waals surface area contributed by atoms with E-state index in [4.69, 9.17) is 0 Å². The maximum absolute atomic E-state index is 12.4. The van der Waals surface area contributed by atoms with Gasteiger partial charge in [-0.05, 0) is 51.0 Å². The molecule has 0 aliphatic heterocycles. The lowest BCUT2D eigenvalue weighted by atomic mass is 9.89. The summed E-state index contributed by atoms with van der Waals surface area (Å²) in [6.45, 7) is 4.30. The Kier molecular flexibility index (Phi) is 8.00. The third-order valence-corrected chi connectivity index (χ3v) is 7.25. The molecular weight excluding hydrogens is 378 g/mol. The minimum Gasteiger partial charge on any atom is -0.354 e. The Hall–Kier alpha value is -1.93. The van der Waals surface area contributed by atoms with E-state index >= 15 is 0 Å². The van der Waals surface area contributed by atoms with Crippen molar-refractivity contribution < 1.29 is 18.0 Å². The van der Waals surface area contributed by atoms with Gasteiger partial charge in [0, 0.05) is 37.7 Å². The predicted molar refractivity (Wildman–Crippen MR) is 108 cm³/mol. The zero-order valence-electron chi connectivity index (χ0n) is 16.9. The van der Waals surface area contributed by atoms with Crippen LogP contribution < -0.4 is 10.6 Å². The van der Waals surface area contributed by atoms with Crippen LogP contribution in [0.5, 0.6) is 0 Å². The van der Waals surface area contributed by atoms with Gasteiger partial charge in [-0.25, -0.2) is 8.42 Å². The van der Waals surface area contributed by atoms with Gasteiger partial charge in [0.15, 0.2) is 0 Å². The fourth-order valence-corrected chi connectivity index (χ4v) is 4.56. The van der Waals surface area contributed by atoms with Crippen molar-refractivity contribution in [3.63, 3.8) is 0 Å². The lowest BCUT2D eigenvalue weighted by Crippen LogP contribution is -2.38. The summed E-state index contributed by atoms with van der Waals surface area (Å²) in [5.74, 6) is -0.131. The Labute approximate surface area is 167 Å². The number of carbonyl (C=O) groups excluding carboxylic acids is 2. The predicted octanol–water partition coefficient (Wildman–Crippen LogP) is 2.14. The highest BCUT2D eigenvalue weighted by molar-refractivity contribution is 7.89. The Bertz CT molecular complexity index is 769.